The van der Waals surface area contributed by atoms with Crippen LogP contribution in [0, 0.1) is 6.92 Å². The van der Waals surface area contributed by atoms with Crippen molar-refractivity contribution in [1.82, 2.24) is 28.6 Å². The molecule has 208 valence electrons. The summed E-state index contributed by atoms with van der Waals surface area (Å²) in [7, 11) is -1.94. The molecule has 4 heterocycles. The van der Waals surface area contributed by atoms with Gasteiger partial charge in [-0.15, -0.1) is 0 Å². The lowest BCUT2D eigenvalue weighted by atomic mass is 9.86. The Morgan fingerprint density at radius 3 is 2.60 bits per heavy atom. The van der Waals surface area contributed by atoms with E-state index in [4.69, 9.17) is 14.8 Å². The van der Waals surface area contributed by atoms with Crippen molar-refractivity contribution in [2.24, 2.45) is 0 Å². The van der Waals surface area contributed by atoms with Crippen molar-refractivity contribution in [1.29, 1.82) is 0 Å². The van der Waals surface area contributed by atoms with Gasteiger partial charge in [0.05, 0.1) is 29.7 Å². The topological polar surface area (TPSA) is 95.1 Å². The maximum atomic E-state index is 13.7. The number of ether oxygens (including phenoxy) is 1. The highest BCUT2D eigenvalue weighted by molar-refractivity contribution is 7.89. The first-order chi connectivity index (χ1) is 19.5. The molecular formula is C30H34N6O3S. The van der Waals surface area contributed by atoms with Crippen LogP contribution in [0.1, 0.15) is 60.9 Å². The first-order valence-electron chi connectivity index (χ1n) is 13.8. The van der Waals surface area contributed by atoms with E-state index in [0.717, 1.165) is 67.2 Å². The van der Waals surface area contributed by atoms with Crippen LogP contribution in [0.3, 0.4) is 0 Å². The van der Waals surface area contributed by atoms with E-state index in [1.54, 1.807) is 42.0 Å². The lowest BCUT2D eigenvalue weighted by molar-refractivity contribution is 0.194. The van der Waals surface area contributed by atoms with Crippen LogP contribution < -0.4 is 4.74 Å². The molecule has 0 radical (unpaired) electrons. The molecule has 0 N–H and O–H groups in total. The number of hydrogen-bond acceptors (Lipinski definition) is 6. The number of hydrogen-bond donors (Lipinski definition) is 0. The van der Waals surface area contributed by atoms with Gasteiger partial charge in [0, 0.05) is 36.8 Å². The van der Waals surface area contributed by atoms with Gasteiger partial charge in [-0.2, -0.15) is 9.40 Å². The molecule has 0 amide bonds. The van der Waals surface area contributed by atoms with Crippen LogP contribution >= 0.6 is 0 Å². The molecule has 6 rings (SSSR count). The Bertz CT molecular complexity index is 1630. The quantitative estimate of drug-likeness (QED) is 0.314. The Kier molecular flexibility index (Phi) is 7.29. The summed E-state index contributed by atoms with van der Waals surface area (Å²) in [6.07, 6.45) is 12.2. The number of fused-ring (bicyclic) bond motifs is 1. The zero-order valence-electron chi connectivity index (χ0n) is 22.8. The molecule has 9 nitrogen and oxygen atoms in total. The van der Waals surface area contributed by atoms with Crippen molar-refractivity contribution in [2.75, 3.05) is 13.7 Å². The first kappa shape index (κ1) is 26.5. The standard InChI is InChI=1S/C30H34N6O3S/c1-22-20-34(21-31-22)29-23(10-8-15-27(29)39-2)16-17-28-32-30-25(13-9-18-35(30)33-28)26-14-6-7-19-36(26)40(37,38)24-11-4-3-5-12-24/h3-5,8,10-12,15-17,20-21,25-26H,6-7,9,13-14,18-19H2,1-2H3. The van der Waals surface area contributed by atoms with Gasteiger partial charge in [0.15, 0.2) is 5.82 Å². The van der Waals surface area contributed by atoms with Crippen LogP contribution in [0.2, 0.25) is 0 Å². The van der Waals surface area contributed by atoms with E-state index in [1.165, 1.54) is 0 Å². The molecule has 2 aliphatic heterocycles. The van der Waals surface area contributed by atoms with Crippen molar-refractivity contribution >= 4 is 22.2 Å². The molecule has 2 aromatic carbocycles. The van der Waals surface area contributed by atoms with Gasteiger partial charge in [0.1, 0.15) is 11.6 Å². The highest BCUT2D eigenvalue weighted by atomic mass is 32.2. The van der Waals surface area contributed by atoms with Gasteiger partial charge >= 0.3 is 0 Å². The third kappa shape index (κ3) is 4.97. The Hall–Kier alpha value is -3.76. The highest BCUT2D eigenvalue weighted by Gasteiger charge is 2.41. The molecule has 4 aromatic rings. The first-order valence-corrected chi connectivity index (χ1v) is 15.3. The number of benzene rings is 2. The fourth-order valence-corrected chi connectivity index (χ4v) is 7.77. The molecular weight excluding hydrogens is 524 g/mol. The minimum atomic E-state index is -3.60. The molecule has 0 spiro atoms. The molecule has 40 heavy (non-hydrogen) atoms. The van der Waals surface area contributed by atoms with Crippen LogP contribution in [0.25, 0.3) is 17.8 Å². The molecule has 0 bridgehead atoms. The van der Waals surface area contributed by atoms with Gasteiger partial charge in [0.2, 0.25) is 10.0 Å². The predicted octanol–water partition coefficient (Wildman–Crippen LogP) is 5.07. The number of sulfonamides is 1. The second kappa shape index (κ2) is 11.0. The minimum absolute atomic E-state index is 0.00323. The van der Waals surface area contributed by atoms with E-state index in [-0.39, 0.29) is 12.0 Å². The number of piperidine rings is 1. The second-order valence-corrected chi connectivity index (χ2v) is 12.3. The SMILES string of the molecule is COc1cccc(C=Cc2nc3n(n2)CCCC3C2CCCCN2S(=O)(=O)c2ccccc2)c1-n1cnc(C)c1. The second-order valence-electron chi connectivity index (χ2n) is 10.4. The van der Waals surface area contributed by atoms with Gasteiger partial charge in [-0.25, -0.2) is 23.1 Å². The van der Waals surface area contributed by atoms with Crippen LogP contribution in [-0.4, -0.2) is 56.7 Å². The zero-order valence-corrected chi connectivity index (χ0v) is 23.7. The fourth-order valence-electron chi connectivity index (χ4n) is 6.02. The smallest absolute Gasteiger partial charge is 0.243 e. The third-order valence-electron chi connectivity index (χ3n) is 7.88. The number of methoxy groups -OCH3 is 1. The monoisotopic (exact) mass is 558 g/mol. The summed E-state index contributed by atoms with van der Waals surface area (Å²) in [5.41, 5.74) is 2.77. The molecule has 2 aliphatic rings. The summed E-state index contributed by atoms with van der Waals surface area (Å²) in [6, 6.07) is 14.6. The van der Waals surface area contributed by atoms with E-state index in [1.807, 2.05) is 58.8 Å². The van der Waals surface area contributed by atoms with Crippen molar-refractivity contribution < 1.29 is 13.2 Å². The van der Waals surface area contributed by atoms with E-state index in [9.17, 15) is 8.42 Å². The van der Waals surface area contributed by atoms with Crippen molar-refractivity contribution in [3.8, 4) is 11.4 Å². The average Bonchev–Trinajstić information content (AvgIpc) is 3.62. The molecule has 2 aromatic heterocycles. The average molecular weight is 559 g/mol. The zero-order chi connectivity index (χ0) is 27.7. The molecule has 0 saturated carbocycles. The van der Waals surface area contributed by atoms with E-state index >= 15 is 0 Å². The number of rotatable bonds is 7. The normalized spacial score (nSPS) is 20.1. The lowest BCUT2D eigenvalue weighted by Gasteiger charge is -2.40. The van der Waals surface area contributed by atoms with Crippen LogP contribution in [-0.2, 0) is 16.6 Å². The number of imidazole rings is 1. The lowest BCUT2D eigenvalue weighted by Crippen LogP contribution is -2.47. The molecule has 1 fully saturated rings. The van der Waals surface area contributed by atoms with Crippen molar-refractivity contribution in [2.45, 2.75) is 62.4 Å². The number of para-hydroxylation sites is 1. The summed E-state index contributed by atoms with van der Waals surface area (Å²) >= 11 is 0. The van der Waals surface area contributed by atoms with Gasteiger partial charge in [-0.3, -0.25) is 0 Å². The molecule has 2 atom stereocenters. The highest BCUT2D eigenvalue weighted by Crippen LogP contribution is 2.38. The van der Waals surface area contributed by atoms with E-state index < -0.39 is 10.0 Å². The molecule has 10 heteroatoms. The Labute approximate surface area is 235 Å². The predicted molar refractivity (Wildman–Crippen MR) is 154 cm³/mol. The maximum absolute atomic E-state index is 13.7. The van der Waals surface area contributed by atoms with Crippen molar-refractivity contribution in [3.63, 3.8) is 0 Å². The van der Waals surface area contributed by atoms with Crippen LogP contribution in [0.5, 0.6) is 5.75 Å². The number of aryl methyl sites for hydroxylation is 2. The molecule has 1 saturated heterocycles. The Balaban J connectivity index is 1.31. The number of nitrogens with zero attached hydrogens (tertiary/aromatic N) is 6. The van der Waals surface area contributed by atoms with Gasteiger partial charge in [-0.05, 0) is 63.0 Å². The van der Waals surface area contributed by atoms with Gasteiger partial charge in [-0.1, -0.05) is 36.8 Å². The largest absolute Gasteiger partial charge is 0.495 e. The molecule has 2 unspecified atom stereocenters. The van der Waals surface area contributed by atoms with Gasteiger partial charge < -0.3 is 9.30 Å². The summed E-state index contributed by atoms with van der Waals surface area (Å²) in [6.45, 7) is 3.27. The maximum Gasteiger partial charge on any atom is 0.243 e. The van der Waals surface area contributed by atoms with Gasteiger partial charge in [0.25, 0.3) is 0 Å². The fraction of sp³-hybridized carbons (Fsp3) is 0.367. The Morgan fingerprint density at radius 2 is 1.82 bits per heavy atom. The minimum Gasteiger partial charge on any atom is -0.495 e. The third-order valence-corrected chi connectivity index (χ3v) is 9.82. The summed E-state index contributed by atoms with van der Waals surface area (Å²) in [4.78, 5) is 9.68. The van der Waals surface area contributed by atoms with Crippen LogP contribution in [0.4, 0.5) is 0 Å². The van der Waals surface area contributed by atoms with Crippen molar-refractivity contribution in [3.05, 3.63) is 84.0 Å². The van der Waals surface area contributed by atoms with Crippen LogP contribution in [0.15, 0.2) is 66.0 Å². The molecule has 0 aliphatic carbocycles. The summed E-state index contributed by atoms with van der Waals surface area (Å²) < 4.78 is 38.7. The summed E-state index contributed by atoms with van der Waals surface area (Å²) in [5, 5.41) is 4.81. The van der Waals surface area contributed by atoms with E-state index in [0.29, 0.717) is 17.3 Å². The van der Waals surface area contributed by atoms with E-state index in [2.05, 4.69) is 4.98 Å². The summed E-state index contributed by atoms with van der Waals surface area (Å²) in [5.74, 6) is 2.24. The Morgan fingerprint density at radius 1 is 0.975 bits per heavy atom. The number of aromatic nitrogens is 5.